The Kier molecular flexibility index (Phi) is 4.75. The molecule has 3 heterocycles. The van der Waals surface area contributed by atoms with E-state index in [1.54, 1.807) is 0 Å². The summed E-state index contributed by atoms with van der Waals surface area (Å²) in [5.41, 5.74) is -2.08. The molecule has 0 amide bonds. The van der Waals surface area contributed by atoms with Crippen LogP contribution in [0.3, 0.4) is 0 Å². The number of rotatable bonds is 5. The van der Waals surface area contributed by atoms with Crippen LogP contribution in [-0.4, -0.2) is 81.7 Å². The average molecular weight is 530 g/mol. The zero-order valence-electron chi connectivity index (χ0n) is 22.8. The largest absolute Gasteiger partial charge is 0.458 e. The van der Waals surface area contributed by atoms with Gasteiger partial charge in [-0.15, -0.1) is 0 Å². The van der Waals surface area contributed by atoms with E-state index in [-0.39, 0.29) is 35.8 Å². The van der Waals surface area contributed by atoms with Crippen molar-refractivity contribution in [3.05, 3.63) is 12.2 Å². The van der Waals surface area contributed by atoms with E-state index in [0.717, 1.165) is 5.57 Å². The third-order valence-corrected chi connectivity index (χ3v) is 12.3. The van der Waals surface area contributed by atoms with E-state index in [1.165, 1.54) is 13.8 Å². The minimum atomic E-state index is -1.17. The average Bonchev–Trinajstić information content (AvgIpc) is 3.25. The van der Waals surface area contributed by atoms with Crippen LogP contribution >= 0.6 is 0 Å². The molecule has 6 saturated carbocycles. The summed E-state index contributed by atoms with van der Waals surface area (Å²) in [6.07, 6.45) is -0.935. The smallest absolute Gasteiger partial charge is 0.309 e. The number of piperidine rings is 2. The zero-order valence-corrected chi connectivity index (χ0v) is 22.8. The SMILES string of the molecule is C=C1C[C@@]23C[C@H]4[C@@H]5[C@]6(C)CN4[C@H]4[C@]5(C[C@@H](OC(=O)[C@H](C)CC)[C@H]6OC(C)=O)[C@@H]2[C@H](O)[C@@H]1[C@@H](O)[C@]43OC(C)=O. The number of aliphatic hydroxyl groups is 2. The van der Waals surface area contributed by atoms with Crippen molar-refractivity contribution in [2.24, 2.45) is 39.9 Å². The molecular weight excluding hydrogens is 490 g/mol. The Hall–Kier alpha value is -1.97. The highest BCUT2D eigenvalue weighted by molar-refractivity contribution is 5.72. The van der Waals surface area contributed by atoms with Crippen molar-refractivity contribution in [3.63, 3.8) is 0 Å². The molecule has 2 spiro atoms. The molecule has 9 aliphatic rings. The van der Waals surface area contributed by atoms with Crippen molar-refractivity contribution in [3.8, 4) is 0 Å². The summed E-state index contributed by atoms with van der Waals surface area (Å²) in [7, 11) is 0. The summed E-state index contributed by atoms with van der Waals surface area (Å²) >= 11 is 0. The number of hydrogen-bond acceptors (Lipinski definition) is 9. The minimum absolute atomic E-state index is 0.0328. The molecule has 3 saturated heterocycles. The standard InChI is InChI=1S/C29H39NO8/c1-7-12(2)24(35)37-17-10-28-20-16-9-27-8-13(3)18(19(33)21(27)28)22(34)29(27,38-15(5)32)25(28)30(16)11-26(20,6)23(17)36-14(4)31/h12,16-23,25,33-34H,3,7-11H2,1-2,4-6H3/t12-,16+,17-,18-,19-,20-,21-,22-,23-,25+,26+,27-,28+,29+/m1/s1. The number of nitrogens with zero attached hydrogens (tertiary/aromatic N) is 1. The highest BCUT2D eigenvalue weighted by atomic mass is 16.6. The lowest BCUT2D eigenvalue weighted by Crippen LogP contribution is -2.77. The normalized spacial score (nSPS) is 56.7. The summed E-state index contributed by atoms with van der Waals surface area (Å²) in [4.78, 5) is 40.6. The molecule has 2 N–H and O–H groups in total. The molecule has 9 nitrogen and oxygen atoms in total. The number of aliphatic hydroxyl groups excluding tert-OH is 2. The molecule has 38 heavy (non-hydrogen) atoms. The van der Waals surface area contributed by atoms with E-state index >= 15 is 0 Å². The summed E-state index contributed by atoms with van der Waals surface area (Å²) in [6.45, 7) is 13.5. The minimum Gasteiger partial charge on any atom is -0.458 e. The van der Waals surface area contributed by atoms with Crippen molar-refractivity contribution in [2.75, 3.05) is 6.54 Å². The van der Waals surface area contributed by atoms with Crippen LogP contribution in [0, 0.1) is 39.9 Å². The molecule has 1 unspecified atom stereocenters. The fraction of sp³-hybridized carbons (Fsp3) is 0.828. The van der Waals surface area contributed by atoms with Gasteiger partial charge < -0.3 is 24.4 Å². The molecule has 9 rings (SSSR count). The fourth-order valence-corrected chi connectivity index (χ4v) is 11.9. The monoisotopic (exact) mass is 529 g/mol. The Morgan fingerprint density at radius 2 is 1.84 bits per heavy atom. The van der Waals surface area contributed by atoms with Gasteiger partial charge in [0.25, 0.3) is 0 Å². The van der Waals surface area contributed by atoms with Crippen molar-refractivity contribution in [1.29, 1.82) is 0 Å². The molecular formula is C29H39NO8. The Labute approximate surface area is 222 Å². The van der Waals surface area contributed by atoms with Crippen molar-refractivity contribution in [2.45, 2.75) is 102 Å². The van der Waals surface area contributed by atoms with Gasteiger partial charge in [-0.2, -0.15) is 0 Å². The molecule has 9 heteroatoms. The van der Waals surface area contributed by atoms with Crippen molar-refractivity contribution >= 4 is 17.9 Å². The summed E-state index contributed by atoms with van der Waals surface area (Å²) in [5, 5.41) is 23.9. The van der Waals surface area contributed by atoms with Crippen LogP contribution in [-0.2, 0) is 28.6 Å². The van der Waals surface area contributed by atoms with Gasteiger partial charge in [-0.25, -0.2) is 0 Å². The number of ether oxygens (including phenoxy) is 3. The third-order valence-electron chi connectivity index (χ3n) is 12.3. The lowest BCUT2D eigenvalue weighted by Gasteiger charge is -2.68. The van der Waals surface area contributed by atoms with Crippen LogP contribution < -0.4 is 0 Å². The second-order valence-corrected chi connectivity index (χ2v) is 13.8. The van der Waals surface area contributed by atoms with E-state index < -0.39 is 64.1 Å². The number of carbonyl (C=O) groups excluding carboxylic acids is 3. The summed E-state index contributed by atoms with van der Waals surface area (Å²) in [5.74, 6) is -2.29. The molecule has 208 valence electrons. The first-order chi connectivity index (χ1) is 17.8. The molecule has 0 aromatic carbocycles. The Bertz CT molecular complexity index is 1170. The highest BCUT2D eigenvalue weighted by Crippen LogP contribution is 2.88. The van der Waals surface area contributed by atoms with E-state index in [9.17, 15) is 24.6 Å². The molecule has 0 aromatic heterocycles. The number of esters is 3. The number of fused-ring (bicyclic) bond motifs is 1. The quantitative estimate of drug-likeness (QED) is 0.311. The third kappa shape index (κ3) is 2.34. The van der Waals surface area contributed by atoms with E-state index in [0.29, 0.717) is 32.2 Å². The van der Waals surface area contributed by atoms with Crippen molar-refractivity contribution in [1.82, 2.24) is 4.90 Å². The van der Waals surface area contributed by atoms with Gasteiger partial charge >= 0.3 is 17.9 Å². The Morgan fingerprint density at radius 1 is 1.13 bits per heavy atom. The van der Waals surface area contributed by atoms with E-state index in [2.05, 4.69) is 18.4 Å². The maximum absolute atomic E-state index is 13.1. The lowest BCUT2D eigenvalue weighted by atomic mass is 9.38. The Morgan fingerprint density at radius 3 is 2.47 bits per heavy atom. The van der Waals surface area contributed by atoms with Crippen LogP contribution in [0.25, 0.3) is 0 Å². The zero-order chi connectivity index (χ0) is 27.3. The topological polar surface area (TPSA) is 123 Å². The first kappa shape index (κ1) is 25.0. The van der Waals surface area contributed by atoms with Gasteiger partial charge in [-0.3, -0.25) is 19.3 Å². The first-order valence-corrected chi connectivity index (χ1v) is 14.2. The predicted molar refractivity (Wildman–Crippen MR) is 132 cm³/mol. The lowest BCUT2D eigenvalue weighted by molar-refractivity contribution is -0.288. The number of hydrogen-bond donors (Lipinski definition) is 2. The molecule has 3 aliphatic heterocycles. The van der Waals surface area contributed by atoms with Gasteiger partial charge in [0.05, 0.1) is 18.1 Å². The molecule has 0 aromatic rings. The second kappa shape index (κ2) is 7.21. The first-order valence-electron chi connectivity index (χ1n) is 14.2. The predicted octanol–water partition coefficient (Wildman–Crippen LogP) is 1.59. The van der Waals surface area contributed by atoms with Crippen molar-refractivity contribution < 1.29 is 38.8 Å². The van der Waals surface area contributed by atoms with E-state index in [4.69, 9.17) is 14.2 Å². The molecule has 9 bridgehead atoms. The van der Waals surface area contributed by atoms with E-state index in [1.807, 2.05) is 13.8 Å². The second-order valence-electron chi connectivity index (χ2n) is 13.8. The van der Waals surface area contributed by atoms with Gasteiger partial charge in [-0.1, -0.05) is 32.9 Å². The maximum atomic E-state index is 13.1. The molecule has 15 atom stereocenters. The van der Waals surface area contributed by atoms with Gasteiger partial charge in [0, 0.05) is 54.5 Å². The molecule has 9 fully saturated rings. The van der Waals surface area contributed by atoms with Crippen LogP contribution in [0.1, 0.15) is 60.3 Å². The fourth-order valence-electron chi connectivity index (χ4n) is 11.9. The van der Waals surface area contributed by atoms with Gasteiger partial charge in [0.15, 0.2) is 5.60 Å². The summed E-state index contributed by atoms with van der Waals surface area (Å²) < 4.78 is 18.5. The highest BCUT2D eigenvalue weighted by Gasteiger charge is 2.97. The van der Waals surface area contributed by atoms with Crippen LogP contribution in [0.15, 0.2) is 12.2 Å². The molecule has 0 radical (unpaired) electrons. The summed E-state index contributed by atoms with van der Waals surface area (Å²) in [6, 6.07) is -0.178. The maximum Gasteiger partial charge on any atom is 0.309 e. The van der Waals surface area contributed by atoms with Gasteiger partial charge in [0.1, 0.15) is 18.3 Å². The Balaban J connectivity index is 1.43. The van der Waals surface area contributed by atoms with Gasteiger partial charge in [-0.05, 0) is 31.6 Å². The molecule has 6 aliphatic carbocycles. The number of carbonyl (C=O) groups is 3. The van der Waals surface area contributed by atoms with Crippen LogP contribution in [0.5, 0.6) is 0 Å². The van der Waals surface area contributed by atoms with Crippen LogP contribution in [0.4, 0.5) is 0 Å². The van der Waals surface area contributed by atoms with Gasteiger partial charge in [0.2, 0.25) is 0 Å². The van der Waals surface area contributed by atoms with Crippen LogP contribution in [0.2, 0.25) is 0 Å².